The molecule has 1 aliphatic rings. The van der Waals surface area contributed by atoms with Gasteiger partial charge in [-0.05, 0) is 66.3 Å². The number of anilines is 1. The fourth-order valence-corrected chi connectivity index (χ4v) is 5.47. The van der Waals surface area contributed by atoms with Crippen LogP contribution in [-0.4, -0.2) is 30.4 Å². The van der Waals surface area contributed by atoms with Gasteiger partial charge in [0.25, 0.3) is 0 Å². The number of amides is 1. The Morgan fingerprint density at radius 1 is 0.941 bits per heavy atom. The lowest BCUT2D eigenvalue weighted by atomic mass is 9.84. The number of aryl methyl sites for hydroxylation is 2. The van der Waals surface area contributed by atoms with Crippen molar-refractivity contribution in [2.45, 2.75) is 39.7 Å². The van der Waals surface area contributed by atoms with Crippen LogP contribution in [0.2, 0.25) is 10.0 Å². The van der Waals surface area contributed by atoms with Crippen LogP contribution < -0.4 is 4.90 Å². The van der Waals surface area contributed by atoms with E-state index in [2.05, 4.69) is 62.1 Å². The lowest BCUT2D eigenvalue weighted by molar-refractivity contribution is -0.134. The summed E-state index contributed by atoms with van der Waals surface area (Å²) in [5.41, 5.74) is 5.53. The van der Waals surface area contributed by atoms with Crippen molar-refractivity contribution in [3.05, 3.63) is 99.0 Å². The van der Waals surface area contributed by atoms with Crippen molar-refractivity contribution in [3.63, 3.8) is 0 Å². The summed E-state index contributed by atoms with van der Waals surface area (Å²) in [6.45, 7) is 10.4. The molecule has 3 aromatic rings. The Kier molecular flexibility index (Phi) is 7.54. The van der Waals surface area contributed by atoms with Crippen molar-refractivity contribution in [1.29, 1.82) is 0 Å². The molecule has 0 bridgehead atoms. The summed E-state index contributed by atoms with van der Waals surface area (Å²) in [5, 5.41) is 1.44. The van der Waals surface area contributed by atoms with Crippen LogP contribution in [0.25, 0.3) is 0 Å². The topological polar surface area (TPSA) is 23.6 Å². The summed E-state index contributed by atoms with van der Waals surface area (Å²) in [5.74, 6) is 0.228. The second kappa shape index (κ2) is 10.4. The monoisotopic (exact) mass is 494 g/mol. The second-order valence-electron chi connectivity index (χ2n) is 9.58. The van der Waals surface area contributed by atoms with Crippen LogP contribution in [0, 0.1) is 19.8 Å². The average molecular weight is 495 g/mol. The molecule has 0 saturated carbocycles. The van der Waals surface area contributed by atoms with Gasteiger partial charge in [-0.15, -0.1) is 0 Å². The van der Waals surface area contributed by atoms with Gasteiger partial charge in [-0.25, -0.2) is 0 Å². The van der Waals surface area contributed by atoms with Crippen LogP contribution in [0.4, 0.5) is 5.69 Å². The first-order valence-corrected chi connectivity index (χ1v) is 12.6. The van der Waals surface area contributed by atoms with E-state index >= 15 is 0 Å². The van der Waals surface area contributed by atoms with E-state index in [9.17, 15) is 4.79 Å². The van der Waals surface area contributed by atoms with Crippen molar-refractivity contribution in [3.8, 4) is 0 Å². The Labute approximate surface area is 213 Å². The van der Waals surface area contributed by atoms with E-state index in [4.69, 9.17) is 23.2 Å². The Bertz CT molecular complexity index is 1160. The first-order chi connectivity index (χ1) is 16.3. The molecule has 2 unspecified atom stereocenters. The molecular formula is C29H32Cl2N2O. The number of nitrogens with zero attached hydrogens (tertiary/aromatic N) is 2. The standard InChI is InChI=1S/C29H32Cl2N2O/c1-19(2)28(24-8-6-5-7-21(24)4)29(34)32-15-16-33(26-14-9-20(3)17-25(26)31)27(18-32)22-10-12-23(30)13-11-22/h5-14,17,19,27-28H,15-16,18H2,1-4H3. The first-order valence-electron chi connectivity index (χ1n) is 11.9. The molecule has 3 aromatic carbocycles. The molecule has 0 aromatic heterocycles. The summed E-state index contributed by atoms with van der Waals surface area (Å²) >= 11 is 12.9. The largest absolute Gasteiger partial charge is 0.360 e. The number of halogens is 2. The fourth-order valence-electron chi connectivity index (χ4n) is 5.00. The number of carbonyl (C=O) groups is 1. The molecule has 0 N–H and O–H groups in total. The minimum Gasteiger partial charge on any atom is -0.360 e. The summed E-state index contributed by atoms with van der Waals surface area (Å²) in [7, 11) is 0. The number of benzene rings is 3. The van der Waals surface area contributed by atoms with Crippen molar-refractivity contribution in [2.75, 3.05) is 24.5 Å². The third kappa shape index (κ3) is 5.11. The van der Waals surface area contributed by atoms with Crippen LogP contribution in [0.15, 0.2) is 66.7 Å². The number of carbonyl (C=O) groups excluding carboxylic acids is 1. The van der Waals surface area contributed by atoms with E-state index in [1.165, 1.54) is 0 Å². The molecule has 1 aliphatic heterocycles. The average Bonchev–Trinajstić information content (AvgIpc) is 2.80. The van der Waals surface area contributed by atoms with Crippen molar-refractivity contribution in [2.24, 2.45) is 5.92 Å². The van der Waals surface area contributed by atoms with E-state index in [-0.39, 0.29) is 23.8 Å². The number of hydrogen-bond acceptors (Lipinski definition) is 2. The highest BCUT2D eigenvalue weighted by atomic mass is 35.5. The molecule has 0 spiro atoms. The Morgan fingerprint density at radius 2 is 1.65 bits per heavy atom. The zero-order chi connectivity index (χ0) is 24.4. The molecule has 1 fully saturated rings. The van der Waals surface area contributed by atoms with Gasteiger partial charge in [-0.2, -0.15) is 0 Å². The van der Waals surface area contributed by atoms with E-state index in [0.29, 0.717) is 24.7 Å². The van der Waals surface area contributed by atoms with Gasteiger partial charge in [-0.1, -0.05) is 79.5 Å². The summed E-state index contributed by atoms with van der Waals surface area (Å²) in [6, 6.07) is 22.3. The van der Waals surface area contributed by atoms with Crippen LogP contribution >= 0.6 is 23.2 Å². The van der Waals surface area contributed by atoms with E-state index in [1.807, 2.05) is 42.2 Å². The van der Waals surface area contributed by atoms with Gasteiger partial charge in [-0.3, -0.25) is 4.79 Å². The number of rotatable bonds is 5. The van der Waals surface area contributed by atoms with Gasteiger partial charge in [0, 0.05) is 24.7 Å². The highest BCUT2D eigenvalue weighted by Gasteiger charge is 2.36. The van der Waals surface area contributed by atoms with Crippen LogP contribution in [0.3, 0.4) is 0 Å². The van der Waals surface area contributed by atoms with Crippen molar-refractivity contribution in [1.82, 2.24) is 4.90 Å². The number of piperazine rings is 1. The third-order valence-electron chi connectivity index (χ3n) is 6.82. The maximum absolute atomic E-state index is 13.9. The zero-order valence-corrected chi connectivity index (χ0v) is 21.8. The molecule has 0 radical (unpaired) electrons. The van der Waals surface area contributed by atoms with E-state index < -0.39 is 0 Å². The minimum absolute atomic E-state index is 0.0140. The Hall–Kier alpha value is -2.49. The Balaban J connectivity index is 1.68. The van der Waals surface area contributed by atoms with Crippen molar-refractivity contribution < 1.29 is 4.79 Å². The second-order valence-corrected chi connectivity index (χ2v) is 10.4. The normalized spacial score (nSPS) is 17.2. The van der Waals surface area contributed by atoms with Crippen LogP contribution in [-0.2, 0) is 4.79 Å². The van der Waals surface area contributed by atoms with Gasteiger partial charge in [0.1, 0.15) is 0 Å². The van der Waals surface area contributed by atoms with Gasteiger partial charge < -0.3 is 9.80 Å². The van der Waals surface area contributed by atoms with Crippen LogP contribution in [0.1, 0.15) is 48.1 Å². The summed E-state index contributed by atoms with van der Waals surface area (Å²) < 4.78 is 0. The predicted octanol–water partition coefficient (Wildman–Crippen LogP) is 7.44. The lowest BCUT2D eigenvalue weighted by Gasteiger charge is -2.44. The minimum atomic E-state index is -0.165. The van der Waals surface area contributed by atoms with Crippen molar-refractivity contribution >= 4 is 34.8 Å². The Morgan fingerprint density at radius 3 is 2.29 bits per heavy atom. The summed E-state index contributed by atoms with van der Waals surface area (Å²) in [6.07, 6.45) is 0. The maximum atomic E-state index is 13.9. The fraction of sp³-hybridized carbons (Fsp3) is 0.345. The molecule has 3 nitrogen and oxygen atoms in total. The quantitative estimate of drug-likeness (QED) is 0.367. The molecule has 4 rings (SSSR count). The molecule has 1 heterocycles. The molecular weight excluding hydrogens is 463 g/mol. The summed E-state index contributed by atoms with van der Waals surface area (Å²) in [4.78, 5) is 18.3. The SMILES string of the molecule is Cc1ccc(N2CCN(C(=O)C(c3ccccc3C)C(C)C)CC2c2ccc(Cl)cc2)c(Cl)c1. The number of hydrogen-bond donors (Lipinski definition) is 0. The van der Waals surface area contributed by atoms with Gasteiger partial charge in [0.15, 0.2) is 0 Å². The maximum Gasteiger partial charge on any atom is 0.230 e. The molecule has 178 valence electrons. The molecule has 1 saturated heterocycles. The predicted molar refractivity (Wildman–Crippen MR) is 143 cm³/mol. The lowest BCUT2D eigenvalue weighted by Crippen LogP contribution is -2.52. The highest BCUT2D eigenvalue weighted by Crippen LogP contribution is 2.38. The smallest absolute Gasteiger partial charge is 0.230 e. The molecule has 5 heteroatoms. The first kappa shape index (κ1) is 24.6. The molecule has 1 amide bonds. The molecule has 34 heavy (non-hydrogen) atoms. The highest BCUT2D eigenvalue weighted by molar-refractivity contribution is 6.33. The zero-order valence-electron chi connectivity index (χ0n) is 20.3. The van der Waals surface area contributed by atoms with E-state index in [1.54, 1.807) is 0 Å². The molecule has 0 aliphatic carbocycles. The third-order valence-corrected chi connectivity index (χ3v) is 7.37. The molecule has 2 atom stereocenters. The van der Waals surface area contributed by atoms with Gasteiger partial charge in [0.05, 0.1) is 22.7 Å². The van der Waals surface area contributed by atoms with E-state index in [0.717, 1.165) is 33.0 Å². The van der Waals surface area contributed by atoms with Crippen LogP contribution in [0.5, 0.6) is 0 Å². The van der Waals surface area contributed by atoms with Gasteiger partial charge >= 0.3 is 0 Å². The van der Waals surface area contributed by atoms with Gasteiger partial charge in [0.2, 0.25) is 5.91 Å².